The van der Waals surface area contributed by atoms with Crippen molar-refractivity contribution in [3.8, 4) is 6.07 Å². The van der Waals surface area contributed by atoms with Crippen LogP contribution in [0, 0.1) is 11.3 Å². The molecular weight excluding hydrogens is 296 g/mol. The standard InChI is InChI=1S/C17H18N2O4/c1-22-17(21)15-7-3-2-5-12(15)9-13(10-18)16(20)19-11-14-6-4-8-23-14/h2-3,5,7,9,14H,4,6,8,11H2,1H3,(H,19,20)/b13-9+/t14-/m0/s1. The van der Waals surface area contributed by atoms with Crippen LogP contribution in [-0.4, -0.2) is 38.2 Å². The van der Waals surface area contributed by atoms with Crippen LogP contribution in [0.4, 0.5) is 0 Å². The first-order chi connectivity index (χ1) is 11.2. The van der Waals surface area contributed by atoms with Crippen molar-refractivity contribution in [1.82, 2.24) is 5.32 Å². The van der Waals surface area contributed by atoms with Crippen molar-refractivity contribution in [3.05, 3.63) is 41.0 Å². The Balaban J connectivity index is 2.13. The van der Waals surface area contributed by atoms with E-state index >= 15 is 0 Å². The van der Waals surface area contributed by atoms with E-state index in [9.17, 15) is 14.9 Å². The number of amides is 1. The Morgan fingerprint density at radius 3 is 2.91 bits per heavy atom. The van der Waals surface area contributed by atoms with Gasteiger partial charge in [-0.3, -0.25) is 4.79 Å². The molecule has 0 saturated carbocycles. The largest absolute Gasteiger partial charge is 0.465 e. The van der Waals surface area contributed by atoms with Crippen molar-refractivity contribution in [2.24, 2.45) is 0 Å². The average molecular weight is 314 g/mol. The van der Waals surface area contributed by atoms with Gasteiger partial charge in [0.05, 0.1) is 18.8 Å². The van der Waals surface area contributed by atoms with E-state index in [1.54, 1.807) is 24.3 Å². The number of ether oxygens (including phenoxy) is 2. The van der Waals surface area contributed by atoms with Gasteiger partial charge in [-0.05, 0) is 30.5 Å². The monoisotopic (exact) mass is 314 g/mol. The highest BCUT2D eigenvalue weighted by Gasteiger charge is 2.18. The number of hydrogen-bond donors (Lipinski definition) is 1. The number of hydrogen-bond acceptors (Lipinski definition) is 5. The minimum absolute atomic E-state index is 0.00116. The fourth-order valence-corrected chi connectivity index (χ4v) is 2.33. The van der Waals surface area contributed by atoms with E-state index < -0.39 is 11.9 Å². The third kappa shape index (κ3) is 4.41. The quantitative estimate of drug-likeness (QED) is 0.507. The molecule has 0 radical (unpaired) electrons. The highest BCUT2D eigenvalue weighted by Crippen LogP contribution is 2.15. The summed E-state index contributed by atoms with van der Waals surface area (Å²) in [6.45, 7) is 1.07. The molecule has 1 N–H and O–H groups in total. The molecule has 1 saturated heterocycles. The van der Waals surface area contributed by atoms with Crippen LogP contribution in [-0.2, 0) is 14.3 Å². The minimum Gasteiger partial charge on any atom is -0.465 e. The Morgan fingerprint density at radius 2 is 2.26 bits per heavy atom. The van der Waals surface area contributed by atoms with Crippen molar-refractivity contribution >= 4 is 18.0 Å². The molecule has 1 atom stereocenters. The van der Waals surface area contributed by atoms with Gasteiger partial charge in [0.15, 0.2) is 0 Å². The van der Waals surface area contributed by atoms with E-state index in [1.165, 1.54) is 13.2 Å². The van der Waals surface area contributed by atoms with Gasteiger partial charge in [-0.1, -0.05) is 18.2 Å². The van der Waals surface area contributed by atoms with Crippen LogP contribution in [0.15, 0.2) is 29.8 Å². The van der Waals surface area contributed by atoms with Crippen molar-refractivity contribution in [1.29, 1.82) is 5.26 Å². The Kier molecular flexibility index (Phi) is 5.89. The number of esters is 1. The summed E-state index contributed by atoms with van der Waals surface area (Å²) < 4.78 is 10.1. The summed E-state index contributed by atoms with van der Waals surface area (Å²) >= 11 is 0. The number of carbonyl (C=O) groups excluding carboxylic acids is 2. The minimum atomic E-state index is -0.520. The van der Waals surface area contributed by atoms with Crippen LogP contribution < -0.4 is 5.32 Å². The maximum absolute atomic E-state index is 12.1. The lowest BCUT2D eigenvalue weighted by Crippen LogP contribution is -2.32. The molecule has 0 aromatic heterocycles. The first-order valence-electron chi connectivity index (χ1n) is 7.34. The second-order valence-electron chi connectivity index (χ2n) is 5.09. The Bertz CT molecular complexity index is 655. The normalized spacial score (nSPS) is 17.4. The predicted molar refractivity (Wildman–Crippen MR) is 83.4 cm³/mol. The molecule has 0 unspecified atom stereocenters. The molecule has 1 heterocycles. The predicted octanol–water partition coefficient (Wildman–Crippen LogP) is 1.68. The van der Waals surface area contributed by atoms with Crippen molar-refractivity contribution in [2.75, 3.05) is 20.3 Å². The van der Waals surface area contributed by atoms with E-state index in [0.29, 0.717) is 24.3 Å². The Morgan fingerprint density at radius 1 is 1.48 bits per heavy atom. The second-order valence-corrected chi connectivity index (χ2v) is 5.09. The number of nitrogens with one attached hydrogen (secondary N) is 1. The van der Waals surface area contributed by atoms with Gasteiger partial charge in [0.1, 0.15) is 11.6 Å². The lowest BCUT2D eigenvalue weighted by molar-refractivity contribution is -0.117. The zero-order valence-corrected chi connectivity index (χ0v) is 12.9. The molecule has 23 heavy (non-hydrogen) atoms. The van der Waals surface area contributed by atoms with E-state index in [4.69, 9.17) is 9.47 Å². The molecule has 2 rings (SSSR count). The van der Waals surface area contributed by atoms with Gasteiger partial charge < -0.3 is 14.8 Å². The van der Waals surface area contributed by atoms with Crippen LogP contribution in [0.25, 0.3) is 6.08 Å². The number of nitriles is 1. The second kappa shape index (κ2) is 8.11. The SMILES string of the molecule is COC(=O)c1ccccc1/C=C(\C#N)C(=O)NC[C@@H]1CCCO1. The van der Waals surface area contributed by atoms with Crippen LogP contribution in [0.3, 0.4) is 0 Å². The third-order valence-corrected chi connectivity index (χ3v) is 3.55. The molecule has 6 heteroatoms. The van der Waals surface area contributed by atoms with E-state index in [1.807, 2.05) is 6.07 Å². The highest BCUT2D eigenvalue weighted by atomic mass is 16.5. The summed E-state index contributed by atoms with van der Waals surface area (Å²) in [5.74, 6) is -1.00. The molecule has 120 valence electrons. The van der Waals surface area contributed by atoms with Crippen molar-refractivity contribution in [2.45, 2.75) is 18.9 Å². The van der Waals surface area contributed by atoms with Crippen molar-refractivity contribution in [3.63, 3.8) is 0 Å². The molecule has 0 bridgehead atoms. The summed E-state index contributed by atoms with van der Waals surface area (Å²) in [4.78, 5) is 23.8. The van der Waals surface area contributed by atoms with Gasteiger partial charge in [0.2, 0.25) is 0 Å². The molecule has 1 fully saturated rings. The maximum Gasteiger partial charge on any atom is 0.338 e. The topological polar surface area (TPSA) is 88.4 Å². The average Bonchev–Trinajstić information content (AvgIpc) is 3.10. The number of nitrogens with zero attached hydrogens (tertiary/aromatic N) is 1. The maximum atomic E-state index is 12.1. The summed E-state index contributed by atoms with van der Waals surface area (Å²) in [5.41, 5.74) is 0.692. The molecule has 0 spiro atoms. The van der Waals surface area contributed by atoms with Crippen LogP contribution in [0.2, 0.25) is 0 Å². The molecule has 0 aliphatic carbocycles. The highest BCUT2D eigenvalue weighted by molar-refractivity contribution is 6.03. The molecule has 1 aromatic rings. The molecule has 1 amide bonds. The van der Waals surface area contributed by atoms with Crippen LogP contribution >= 0.6 is 0 Å². The fourth-order valence-electron chi connectivity index (χ4n) is 2.33. The zero-order chi connectivity index (χ0) is 16.7. The van der Waals surface area contributed by atoms with Gasteiger partial charge in [0.25, 0.3) is 5.91 Å². The first-order valence-corrected chi connectivity index (χ1v) is 7.34. The lowest BCUT2D eigenvalue weighted by atomic mass is 10.0. The van der Waals surface area contributed by atoms with Gasteiger partial charge in [-0.25, -0.2) is 4.79 Å². The fraction of sp³-hybridized carbons (Fsp3) is 0.353. The third-order valence-electron chi connectivity index (χ3n) is 3.55. The molecule has 1 aromatic carbocycles. The zero-order valence-electron chi connectivity index (χ0n) is 12.9. The van der Waals surface area contributed by atoms with Gasteiger partial charge in [0, 0.05) is 13.2 Å². The van der Waals surface area contributed by atoms with Gasteiger partial charge in [-0.2, -0.15) is 5.26 Å². The summed E-state index contributed by atoms with van der Waals surface area (Å²) in [6, 6.07) is 8.50. The molecule has 6 nitrogen and oxygen atoms in total. The van der Waals surface area contributed by atoms with Crippen LogP contribution in [0.1, 0.15) is 28.8 Å². The summed E-state index contributed by atoms with van der Waals surface area (Å²) in [6.07, 6.45) is 3.27. The molecule has 1 aliphatic rings. The van der Waals surface area contributed by atoms with E-state index in [0.717, 1.165) is 12.8 Å². The Labute approximate surface area is 134 Å². The number of carbonyl (C=O) groups is 2. The first kappa shape index (κ1) is 16.7. The summed E-state index contributed by atoms with van der Waals surface area (Å²) in [5, 5.41) is 11.9. The number of methoxy groups -OCH3 is 1. The van der Waals surface area contributed by atoms with Gasteiger partial charge in [-0.15, -0.1) is 0 Å². The van der Waals surface area contributed by atoms with Crippen molar-refractivity contribution < 1.29 is 19.1 Å². The van der Waals surface area contributed by atoms with E-state index in [-0.39, 0.29) is 11.7 Å². The number of rotatable bonds is 5. The van der Waals surface area contributed by atoms with E-state index in [2.05, 4.69) is 5.32 Å². The van der Waals surface area contributed by atoms with Gasteiger partial charge >= 0.3 is 5.97 Å². The molecular formula is C17H18N2O4. The Hall–Kier alpha value is -2.65. The van der Waals surface area contributed by atoms with Crippen LogP contribution in [0.5, 0.6) is 0 Å². The smallest absolute Gasteiger partial charge is 0.338 e. The summed E-state index contributed by atoms with van der Waals surface area (Å²) in [7, 11) is 1.28. The lowest BCUT2D eigenvalue weighted by Gasteiger charge is -2.10. The number of benzene rings is 1. The molecule has 1 aliphatic heterocycles.